The molecule has 0 spiro atoms. The standard InChI is InChI=1S/C16H23N3O2/c1-15(2,3)11-7-6-8-12(9-11)20-10-13-18-14(19-21-13)16(4,5)17/h6-9H,10,17H2,1-5H3. The third-order valence-electron chi connectivity index (χ3n) is 3.11. The fourth-order valence-electron chi connectivity index (χ4n) is 1.77. The number of nitrogens with zero attached hydrogens (tertiary/aromatic N) is 2. The Balaban J connectivity index is 2.05. The van der Waals surface area contributed by atoms with Gasteiger partial charge in [0.25, 0.3) is 5.89 Å². The summed E-state index contributed by atoms with van der Waals surface area (Å²) in [6.45, 7) is 10.4. The number of benzene rings is 1. The summed E-state index contributed by atoms with van der Waals surface area (Å²) >= 11 is 0. The lowest BCUT2D eigenvalue weighted by Crippen LogP contribution is -2.30. The Morgan fingerprint density at radius 1 is 1.19 bits per heavy atom. The Kier molecular flexibility index (Phi) is 4.05. The molecule has 0 aliphatic heterocycles. The Bertz CT molecular complexity index is 606. The largest absolute Gasteiger partial charge is 0.484 e. The third kappa shape index (κ3) is 4.04. The predicted octanol–water partition coefficient (Wildman–Crippen LogP) is 3.14. The summed E-state index contributed by atoms with van der Waals surface area (Å²) in [6.07, 6.45) is 0. The minimum atomic E-state index is -0.617. The fraction of sp³-hybridized carbons (Fsp3) is 0.500. The van der Waals surface area contributed by atoms with Crippen LogP contribution in [0.25, 0.3) is 0 Å². The quantitative estimate of drug-likeness (QED) is 0.936. The molecule has 2 N–H and O–H groups in total. The molecule has 2 rings (SSSR count). The molecule has 0 saturated carbocycles. The van der Waals surface area contributed by atoms with Crippen molar-refractivity contribution in [2.75, 3.05) is 0 Å². The van der Waals surface area contributed by atoms with E-state index in [4.69, 9.17) is 15.0 Å². The monoisotopic (exact) mass is 289 g/mol. The average molecular weight is 289 g/mol. The lowest BCUT2D eigenvalue weighted by Gasteiger charge is -2.19. The highest BCUT2D eigenvalue weighted by Gasteiger charge is 2.21. The first-order valence-corrected chi connectivity index (χ1v) is 7.01. The van der Waals surface area contributed by atoms with Crippen molar-refractivity contribution in [3.8, 4) is 5.75 Å². The lowest BCUT2D eigenvalue weighted by atomic mass is 9.87. The molecule has 0 unspecified atom stereocenters. The van der Waals surface area contributed by atoms with E-state index in [-0.39, 0.29) is 12.0 Å². The molecule has 5 nitrogen and oxygen atoms in total. The molecule has 0 fully saturated rings. The molecule has 0 aliphatic carbocycles. The number of hydrogen-bond donors (Lipinski definition) is 1. The number of aromatic nitrogens is 2. The molecular formula is C16H23N3O2. The van der Waals surface area contributed by atoms with E-state index in [0.717, 1.165) is 5.75 Å². The highest BCUT2D eigenvalue weighted by molar-refractivity contribution is 5.32. The summed E-state index contributed by atoms with van der Waals surface area (Å²) in [5, 5.41) is 3.87. The SMILES string of the molecule is CC(C)(C)c1cccc(OCc2nc(C(C)(C)N)no2)c1. The topological polar surface area (TPSA) is 74.2 Å². The van der Waals surface area contributed by atoms with Gasteiger partial charge in [-0.2, -0.15) is 4.98 Å². The van der Waals surface area contributed by atoms with Crippen LogP contribution < -0.4 is 10.5 Å². The normalized spacial score (nSPS) is 12.5. The van der Waals surface area contributed by atoms with Crippen LogP contribution in [-0.4, -0.2) is 10.1 Å². The maximum atomic E-state index is 5.92. The summed E-state index contributed by atoms with van der Waals surface area (Å²) in [6, 6.07) is 8.02. The first kappa shape index (κ1) is 15.5. The summed E-state index contributed by atoms with van der Waals surface area (Å²) in [5.74, 6) is 1.68. The van der Waals surface area contributed by atoms with Crippen molar-refractivity contribution in [3.05, 3.63) is 41.5 Å². The Morgan fingerprint density at radius 3 is 2.48 bits per heavy atom. The number of hydrogen-bond acceptors (Lipinski definition) is 5. The average Bonchev–Trinajstić information content (AvgIpc) is 2.84. The first-order chi connectivity index (χ1) is 9.66. The molecule has 0 aliphatic rings. The maximum Gasteiger partial charge on any atom is 0.264 e. The molecule has 0 atom stereocenters. The molecular weight excluding hydrogens is 266 g/mol. The second kappa shape index (κ2) is 5.48. The molecule has 0 saturated heterocycles. The molecule has 1 aromatic heterocycles. The van der Waals surface area contributed by atoms with E-state index in [0.29, 0.717) is 11.7 Å². The van der Waals surface area contributed by atoms with Gasteiger partial charge in [-0.1, -0.05) is 38.1 Å². The molecule has 2 aromatic rings. The molecule has 1 aromatic carbocycles. The molecule has 114 valence electrons. The molecule has 0 radical (unpaired) electrons. The minimum absolute atomic E-state index is 0.0839. The van der Waals surface area contributed by atoms with Crippen LogP contribution >= 0.6 is 0 Å². The van der Waals surface area contributed by atoms with Crippen LogP contribution in [0, 0.1) is 0 Å². The van der Waals surface area contributed by atoms with E-state index >= 15 is 0 Å². The van der Waals surface area contributed by atoms with Crippen LogP contribution in [-0.2, 0) is 17.6 Å². The van der Waals surface area contributed by atoms with Crippen molar-refractivity contribution < 1.29 is 9.26 Å². The molecule has 5 heteroatoms. The Hall–Kier alpha value is -1.88. The third-order valence-corrected chi connectivity index (χ3v) is 3.11. The summed E-state index contributed by atoms with van der Waals surface area (Å²) < 4.78 is 10.9. The zero-order valence-corrected chi connectivity index (χ0v) is 13.3. The van der Waals surface area contributed by atoms with Gasteiger partial charge in [0.05, 0.1) is 5.54 Å². The van der Waals surface area contributed by atoms with Gasteiger partial charge in [-0.3, -0.25) is 0 Å². The van der Waals surface area contributed by atoms with Crippen LogP contribution in [0.2, 0.25) is 0 Å². The highest BCUT2D eigenvalue weighted by atomic mass is 16.5. The van der Waals surface area contributed by atoms with E-state index in [1.165, 1.54) is 5.56 Å². The van der Waals surface area contributed by atoms with Crippen LogP contribution in [0.5, 0.6) is 5.75 Å². The van der Waals surface area contributed by atoms with Crippen LogP contribution in [0.4, 0.5) is 0 Å². The first-order valence-electron chi connectivity index (χ1n) is 7.01. The van der Waals surface area contributed by atoms with Crippen LogP contribution in [0.3, 0.4) is 0 Å². The Morgan fingerprint density at radius 2 is 1.90 bits per heavy atom. The van der Waals surface area contributed by atoms with Gasteiger partial charge in [0.15, 0.2) is 12.4 Å². The van der Waals surface area contributed by atoms with E-state index in [1.807, 2.05) is 32.0 Å². The number of rotatable bonds is 4. The van der Waals surface area contributed by atoms with Gasteiger partial charge in [-0.25, -0.2) is 0 Å². The fourth-order valence-corrected chi connectivity index (χ4v) is 1.77. The lowest BCUT2D eigenvalue weighted by molar-refractivity contribution is 0.241. The van der Waals surface area contributed by atoms with Crippen molar-refractivity contribution in [1.82, 2.24) is 10.1 Å². The van der Waals surface area contributed by atoms with E-state index in [2.05, 4.69) is 37.0 Å². The van der Waals surface area contributed by atoms with Gasteiger partial charge in [0, 0.05) is 0 Å². The maximum absolute atomic E-state index is 5.92. The zero-order valence-electron chi connectivity index (χ0n) is 13.3. The summed E-state index contributed by atoms with van der Waals surface area (Å²) in [7, 11) is 0. The van der Waals surface area contributed by atoms with Crippen molar-refractivity contribution >= 4 is 0 Å². The van der Waals surface area contributed by atoms with Gasteiger partial charge in [0.1, 0.15) is 5.75 Å². The van der Waals surface area contributed by atoms with Gasteiger partial charge < -0.3 is 15.0 Å². The van der Waals surface area contributed by atoms with Crippen LogP contribution in [0.15, 0.2) is 28.8 Å². The molecule has 0 bridgehead atoms. The van der Waals surface area contributed by atoms with E-state index in [1.54, 1.807) is 0 Å². The van der Waals surface area contributed by atoms with Gasteiger partial charge in [-0.05, 0) is 37.0 Å². The van der Waals surface area contributed by atoms with E-state index < -0.39 is 5.54 Å². The number of ether oxygens (including phenoxy) is 1. The van der Waals surface area contributed by atoms with E-state index in [9.17, 15) is 0 Å². The van der Waals surface area contributed by atoms with Crippen molar-refractivity contribution in [2.45, 2.75) is 52.2 Å². The molecule has 0 amide bonds. The van der Waals surface area contributed by atoms with Crippen molar-refractivity contribution in [2.24, 2.45) is 5.73 Å². The second-order valence-corrected chi connectivity index (χ2v) is 6.80. The zero-order chi connectivity index (χ0) is 15.7. The Labute approximate surface area is 125 Å². The smallest absolute Gasteiger partial charge is 0.264 e. The number of nitrogens with two attached hydrogens (primary N) is 1. The minimum Gasteiger partial charge on any atom is -0.484 e. The predicted molar refractivity (Wildman–Crippen MR) is 81.0 cm³/mol. The van der Waals surface area contributed by atoms with Crippen LogP contribution in [0.1, 0.15) is 51.9 Å². The van der Waals surface area contributed by atoms with Crippen molar-refractivity contribution in [1.29, 1.82) is 0 Å². The summed E-state index contributed by atoms with van der Waals surface area (Å²) in [4.78, 5) is 4.24. The molecule has 1 heterocycles. The van der Waals surface area contributed by atoms with Gasteiger partial charge >= 0.3 is 0 Å². The summed E-state index contributed by atoms with van der Waals surface area (Å²) in [5.41, 5.74) is 6.60. The highest BCUT2D eigenvalue weighted by Crippen LogP contribution is 2.26. The second-order valence-electron chi connectivity index (χ2n) is 6.80. The molecule has 21 heavy (non-hydrogen) atoms. The van der Waals surface area contributed by atoms with Gasteiger partial charge in [0.2, 0.25) is 0 Å². The van der Waals surface area contributed by atoms with Crippen molar-refractivity contribution in [3.63, 3.8) is 0 Å². The van der Waals surface area contributed by atoms with Gasteiger partial charge in [-0.15, -0.1) is 0 Å².